The molecule has 2 atom stereocenters. The summed E-state index contributed by atoms with van der Waals surface area (Å²) >= 11 is 0. The third-order valence-corrected chi connectivity index (χ3v) is 4.15. The maximum Gasteiger partial charge on any atom is 0.312 e. The van der Waals surface area contributed by atoms with Crippen molar-refractivity contribution >= 4 is 5.97 Å². The number of nitrogens with one attached hydrogen (secondary N) is 1. The zero-order valence-electron chi connectivity index (χ0n) is 12.8. The summed E-state index contributed by atoms with van der Waals surface area (Å²) in [6.07, 6.45) is 3.91. The van der Waals surface area contributed by atoms with E-state index in [0.29, 0.717) is 12.6 Å². The molecule has 2 N–H and O–H groups in total. The summed E-state index contributed by atoms with van der Waals surface area (Å²) in [4.78, 5) is 13.9. The van der Waals surface area contributed by atoms with Crippen molar-refractivity contribution in [2.75, 3.05) is 26.2 Å². The molecule has 1 fully saturated rings. The van der Waals surface area contributed by atoms with Crippen LogP contribution in [0.15, 0.2) is 30.3 Å². The van der Waals surface area contributed by atoms with Gasteiger partial charge in [0.15, 0.2) is 0 Å². The van der Waals surface area contributed by atoms with Gasteiger partial charge in [-0.2, -0.15) is 0 Å². The molecule has 4 heteroatoms. The van der Waals surface area contributed by atoms with Crippen LogP contribution in [0.1, 0.15) is 37.7 Å². The molecule has 21 heavy (non-hydrogen) atoms. The standard InChI is InChI=1S/C17H26N2O2/c1-14(13-19-10-6-3-7-11-19)18-12-16(17(20)21)15-8-4-2-5-9-15/h2,4-5,8-9,14,16,18H,3,6-7,10-13H2,1H3,(H,20,21). The Kier molecular flexibility index (Phi) is 6.21. The second-order valence-corrected chi connectivity index (χ2v) is 5.97. The monoisotopic (exact) mass is 290 g/mol. The van der Waals surface area contributed by atoms with Gasteiger partial charge in [0.2, 0.25) is 0 Å². The Bertz CT molecular complexity index is 430. The van der Waals surface area contributed by atoms with E-state index >= 15 is 0 Å². The number of benzene rings is 1. The lowest BCUT2D eigenvalue weighted by Gasteiger charge is -2.29. The van der Waals surface area contributed by atoms with Gasteiger partial charge < -0.3 is 15.3 Å². The first-order chi connectivity index (χ1) is 10.2. The summed E-state index contributed by atoms with van der Waals surface area (Å²) in [5.41, 5.74) is 0.864. The second-order valence-electron chi connectivity index (χ2n) is 5.97. The minimum Gasteiger partial charge on any atom is -0.481 e. The van der Waals surface area contributed by atoms with E-state index in [1.807, 2.05) is 30.3 Å². The largest absolute Gasteiger partial charge is 0.481 e. The smallest absolute Gasteiger partial charge is 0.312 e. The number of hydrogen-bond acceptors (Lipinski definition) is 3. The fourth-order valence-corrected chi connectivity index (χ4v) is 2.95. The molecule has 2 rings (SSSR count). The number of carboxylic acids is 1. The van der Waals surface area contributed by atoms with E-state index < -0.39 is 11.9 Å². The van der Waals surface area contributed by atoms with Crippen molar-refractivity contribution in [2.45, 2.75) is 38.1 Å². The highest BCUT2D eigenvalue weighted by Crippen LogP contribution is 2.15. The number of aliphatic carboxylic acids is 1. The fourth-order valence-electron chi connectivity index (χ4n) is 2.95. The van der Waals surface area contributed by atoms with Crippen LogP contribution < -0.4 is 5.32 Å². The van der Waals surface area contributed by atoms with Crippen LogP contribution in [0, 0.1) is 0 Å². The molecule has 0 amide bonds. The van der Waals surface area contributed by atoms with E-state index in [9.17, 15) is 9.90 Å². The SMILES string of the molecule is CC(CN1CCCCC1)NCC(C(=O)O)c1ccccc1. The summed E-state index contributed by atoms with van der Waals surface area (Å²) in [5, 5.41) is 12.8. The normalized spacial score (nSPS) is 19.1. The molecule has 0 aliphatic carbocycles. The Morgan fingerprint density at radius 2 is 1.90 bits per heavy atom. The van der Waals surface area contributed by atoms with E-state index in [1.54, 1.807) is 0 Å². The molecule has 0 radical (unpaired) electrons. The Labute approximate surface area is 127 Å². The zero-order valence-corrected chi connectivity index (χ0v) is 12.8. The quantitative estimate of drug-likeness (QED) is 0.809. The van der Waals surface area contributed by atoms with Gasteiger partial charge >= 0.3 is 5.97 Å². The highest BCUT2D eigenvalue weighted by molar-refractivity contribution is 5.76. The summed E-state index contributed by atoms with van der Waals surface area (Å²) in [5.74, 6) is -1.24. The van der Waals surface area contributed by atoms with E-state index in [-0.39, 0.29) is 0 Å². The van der Waals surface area contributed by atoms with Gasteiger partial charge in [0.05, 0.1) is 5.92 Å². The lowest BCUT2D eigenvalue weighted by molar-refractivity contribution is -0.138. The third-order valence-electron chi connectivity index (χ3n) is 4.15. The van der Waals surface area contributed by atoms with Crippen molar-refractivity contribution in [1.82, 2.24) is 10.2 Å². The molecule has 2 unspecified atom stereocenters. The average molecular weight is 290 g/mol. The van der Waals surface area contributed by atoms with Gasteiger partial charge in [-0.15, -0.1) is 0 Å². The lowest BCUT2D eigenvalue weighted by Crippen LogP contribution is -2.43. The van der Waals surface area contributed by atoms with Crippen molar-refractivity contribution in [2.24, 2.45) is 0 Å². The molecule has 1 aliphatic rings. The maximum absolute atomic E-state index is 11.5. The maximum atomic E-state index is 11.5. The van der Waals surface area contributed by atoms with Gasteiger partial charge in [0.1, 0.15) is 0 Å². The van der Waals surface area contributed by atoms with Gasteiger partial charge in [-0.3, -0.25) is 4.79 Å². The van der Waals surface area contributed by atoms with Crippen LogP contribution in [0.3, 0.4) is 0 Å². The molecular formula is C17H26N2O2. The number of rotatable bonds is 7. The van der Waals surface area contributed by atoms with Crippen LogP contribution >= 0.6 is 0 Å². The number of likely N-dealkylation sites (tertiary alicyclic amines) is 1. The topological polar surface area (TPSA) is 52.6 Å². The van der Waals surface area contributed by atoms with Gasteiger partial charge in [-0.25, -0.2) is 0 Å². The van der Waals surface area contributed by atoms with Crippen LogP contribution in [0.5, 0.6) is 0 Å². The Morgan fingerprint density at radius 3 is 2.52 bits per heavy atom. The molecule has 0 aromatic heterocycles. The van der Waals surface area contributed by atoms with Crippen LogP contribution in [0.2, 0.25) is 0 Å². The van der Waals surface area contributed by atoms with Gasteiger partial charge in [-0.05, 0) is 38.4 Å². The van der Waals surface area contributed by atoms with Crippen molar-refractivity contribution in [3.05, 3.63) is 35.9 Å². The molecule has 4 nitrogen and oxygen atoms in total. The first-order valence-electron chi connectivity index (χ1n) is 7.90. The summed E-state index contributed by atoms with van der Waals surface area (Å²) in [6.45, 7) is 5.97. The molecule has 1 heterocycles. The fraction of sp³-hybridized carbons (Fsp3) is 0.588. The molecule has 116 valence electrons. The minimum absolute atomic E-state index is 0.314. The summed E-state index contributed by atoms with van der Waals surface area (Å²) < 4.78 is 0. The minimum atomic E-state index is -0.765. The van der Waals surface area contributed by atoms with E-state index in [2.05, 4.69) is 17.1 Å². The number of hydrogen-bond donors (Lipinski definition) is 2. The zero-order chi connectivity index (χ0) is 15.1. The first kappa shape index (κ1) is 16.0. The van der Waals surface area contributed by atoms with Crippen LogP contribution in [0.4, 0.5) is 0 Å². The highest BCUT2D eigenvalue weighted by Gasteiger charge is 2.21. The second kappa shape index (κ2) is 8.15. The summed E-state index contributed by atoms with van der Waals surface area (Å²) in [6, 6.07) is 9.78. The van der Waals surface area contributed by atoms with Crippen LogP contribution in [-0.2, 0) is 4.79 Å². The molecule has 0 spiro atoms. The third kappa shape index (κ3) is 5.14. The van der Waals surface area contributed by atoms with Gasteiger partial charge in [-0.1, -0.05) is 36.8 Å². The Morgan fingerprint density at radius 1 is 1.24 bits per heavy atom. The number of carbonyl (C=O) groups is 1. The van der Waals surface area contributed by atoms with Crippen molar-refractivity contribution in [3.63, 3.8) is 0 Å². The number of piperidine rings is 1. The molecule has 1 aliphatic heterocycles. The molecule has 1 aromatic carbocycles. The van der Waals surface area contributed by atoms with E-state index in [1.165, 1.54) is 32.4 Å². The van der Waals surface area contributed by atoms with E-state index in [0.717, 1.165) is 12.1 Å². The van der Waals surface area contributed by atoms with Crippen LogP contribution in [0.25, 0.3) is 0 Å². The molecule has 0 bridgehead atoms. The Balaban J connectivity index is 1.82. The average Bonchev–Trinajstić information content (AvgIpc) is 2.49. The highest BCUT2D eigenvalue weighted by atomic mass is 16.4. The number of nitrogens with zero attached hydrogens (tertiary/aromatic N) is 1. The van der Waals surface area contributed by atoms with Crippen molar-refractivity contribution < 1.29 is 9.90 Å². The molecule has 0 saturated carbocycles. The van der Waals surface area contributed by atoms with Gasteiger partial charge in [0, 0.05) is 19.1 Å². The van der Waals surface area contributed by atoms with Gasteiger partial charge in [0.25, 0.3) is 0 Å². The molecule has 1 aromatic rings. The van der Waals surface area contributed by atoms with Crippen molar-refractivity contribution in [1.29, 1.82) is 0 Å². The predicted molar refractivity (Wildman–Crippen MR) is 84.6 cm³/mol. The lowest BCUT2D eigenvalue weighted by atomic mass is 9.99. The molecular weight excluding hydrogens is 264 g/mol. The van der Waals surface area contributed by atoms with Crippen molar-refractivity contribution in [3.8, 4) is 0 Å². The molecule has 1 saturated heterocycles. The predicted octanol–water partition coefficient (Wildman–Crippen LogP) is 2.32. The first-order valence-corrected chi connectivity index (χ1v) is 7.90. The number of carboxylic acid groups (broad SMARTS) is 1. The van der Waals surface area contributed by atoms with Crippen LogP contribution in [-0.4, -0.2) is 48.2 Å². The Hall–Kier alpha value is -1.39. The van der Waals surface area contributed by atoms with E-state index in [4.69, 9.17) is 0 Å². The summed E-state index contributed by atoms with van der Waals surface area (Å²) in [7, 11) is 0.